The summed E-state index contributed by atoms with van der Waals surface area (Å²) in [5.41, 5.74) is 2.63. The summed E-state index contributed by atoms with van der Waals surface area (Å²) in [6.07, 6.45) is 5.05. The maximum atomic E-state index is 11.8. The number of H-pyrrole nitrogens is 1. The van der Waals surface area contributed by atoms with Crippen molar-refractivity contribution in [3.63, 3.8) is 0 Å². The van der Waals surface area contributed by atoms with Gasteiger partial charge in [0.1, 0.15) is 0 Å². The molecule has 4 nitrogen and oxygen atoms in total. The summed E-state index contributed by atoms with van der Waals surface area (Å²) in [5.74, 6) is -0.160. The molecule has 4 heteroatoms. The number of carbonyl (C=O) groups is 1. The Morgan fingerprint density at radius 3 is 2.85 bits per heavy atom. The van der Waals surface area contributed by atoms with Crippen molar-refractivity contribution in [3.8, 4) is 0 Å². The summed E-state index contributed by atoms with van der Waals surface area (Å²) in [6.45, 7) is 0. The molecule has 0 fully saturated rings. The zero-order valence-corrected chi connectivity index (χ0v) is 10.7. The fourth-order valence-corrected chi connectivity index (χ4v) is 1.93. The Morgan fingerprint density at radius 2 is 2.00 bits per heavy atom. The van der Waals surface area contributed by atoms with E-state index in [1.807, 2.05) is 48.5 Å². The Hall–Kier alpha value is -2.88. The molecule has 0 saturated heterocycles. The van der Waals surface area contributed by atoms with Crippen LogP contribution >= 0.6 is 0 Å². The first-order valence-corrected chi connectivity index (χ1v) is 6.28. The number of anilines is 1. The highest BCUT2D eigenvalue weighted by molar-refractivity contribution is 6.02. The molecule has 0 bridgehead atoms. The van der Waals surface area contributed by atoms with Gasteiger partial charge in [0.15, 0.2) is 0 Å². The molecular formula is C16H13N3O. The van der Waals surface area contributed by atoms with E-state index >= 15 is 0 Å². The van der Waals surface area contributed by atoms with Gasteiger partial charge in [0.05, 0.1) is 11.7 Å². The van der Waals surface area contributed by atoms with Crippen LogP contribution in [0.25, 0.3) is 17.0 Å². The molecule has 98 valence electrons. The predicted octanol–water partition coefficient (Wildman–Crippen LogP) is 3.21. The number of hydrogen-bond acceptors (Lipinski definition) is 2. The number of amides is 1. The molecule has 0 saturated carbocycles. The Kier molecular flexibility index (Phi) is 3.29. The van der Waals surface area contributed by atoms with Gasteiger partial charge in [0.2, 0.25) is 5.91 Å². The van der Waals surface area contributed by atoms with Crippen LogP contribution in [0, 0.1) is 0 Å². The first-order chi connectivity index (χ1) is 9.81. The van der Waals surface area contributed by atoms with E-state index < -0.39 is 0 Å². The molecule has 0 aliphatic rings. The smallest absolute Gasteiger partial charge is 0.248 e. The highest BCUT2D eigenvalue weighted by Gasteiger charge is 2.00. The van der Waals surface area contributed by atoms with E-state index in [4.69, 9.17) is 0 Å². The molecule has 1 heterocycles. The van der Waals surface area contributed by atoms with Crippen LogP contribution in [0.3, 0.4) is 0 Å². The lowest BCUT2D eigenvalue weighted by atomic mass is 10.2. The Bertz CT molecular complexity index is 760. The van der Waals surface area contributed by atoms with Crippen molar-refractivity contribution >= 4 is 28.6 Å². The van der Waals surface area contributed by atoms with Gasteiger partial charge in [-0.25, -0.2) is 0 Å². The van der Waals surface area contributed by atoms with E-state index in [0.29, 0.717) is 0 Å². The Balaban J connectivity index is 1.70. The molecule has 0 atom stereocenters. The number of aromatic amines is 1. The lowest BCUT2D eigenvalue weighted by molar-refractivity contribution is -0.111. The first-order valence-electron chi connectivity index (χ1n) is 6.28. The molecule has 0 aliphatic carbocycles. The highest BCUT2D eigenvalue weighted by atomic mass is 16.1. The molecule has 1 aromatic heterocycles. The van der Waals surface area contributed by atoms with Crippen molar-refractivity contribution in [2.45, 2.75) is 0 Å². The standard InChI is InChI=1S/C16H13N3O/c20-16(9-6-12-4-2-1-3-5-12)18-14-8-7-13-11-17-19-15(13)10-14/h1-11H,(H,17,19)(H,18,20)/b9-6+. The molecule has 0 aliphatic heterocycles. The molecular weight excluding hydrogens is 250 g/mol. The summed E-state index contributed by atoms with van der Waals surface area (Å²) < 4.78 is 0. The SMILES string of the molecule is O=C(/C=C/c1ccccc1)Nc1ccc2cn[nH]c2c1. The average molecular weight is 263 g/mol. The van der Waals surface area contributed by atoms with Gasteiger partial charge in [-0.15, -0.1) is 0 Å². The van der Waals surface area contributed by atoms with Gasteiger partial charge < -0.3 is 5.32 Å². The molecule has 2 N–H and O–H groups in total. The maximum absolute atomic E-state index is 11.8. The van der Waals surface area contributed by atoms with Crippen molar-refractivity contribution in [2.75, 3.05) is 5.32 Å². The van der Waals surface area contributed by atoms with Crippen molar-refractivity contribution in [1.82, 2.24) is 10.2 Å². The Labute approximate surface area is 116 Å². The van der Waals surface area contributed by atoms with Crippen molar-refractivity contribution in [1.29, 1.82) is 0 Å². The number of benzene rings is 2. The van der Waals surface area contributed by atoms with Crippen LogP contribution in [0.5, 0.6) is 0 Å². The third-order valence-corrected chi connectivity index (χ3v) is 2.94. The highest BCUT2D eigenvalue weighted by Crippen LogP contribution is 2.16. The van der Waals surface area contributed by atoms with Crippen LogP contribution in [0.2, 0.25) is 0 Å². The molecule has 3 rings (SSSR count). The minimum atomic E-state index is -0.160. The largest absolute Gasteiger partial charge is 0.322 e. The van der Waals surface area contributed by atoms with Gasteiger partial charge in [0, 0.05) is 17.1 Å². The van der Waals surface area contributed by atoms with Crippen LogP contribution in [-0.2, 0) is 4.79 Å². The van der Waals surface area contributed by atoms with Gasteiger partial charge in [-0.3, -0.25) is 9.89 Å². The topological polar surface area (TPSA) is 57.8 Å². The summed E-state index contributed by atoms with van der Waals surface area (Å²) in [7, 11) is 0. The molecule has 2 aromatic carbocycles. The van der Waals surface area contributed by atoms with Crippen LogP contribution in [0.4, 0.5) is 5.69 Å². The second-order valence-electron chi connectivity index (χ2n) is 4.41. The molecule has 20 heavy (non-hydrogen) atoms. The quantitative estimate of drug-likeness (QED) is 0.713. The van der Waals surface area contributed by atoms with Crippen molar-refractivity contribution in [3.05, 3.63) is 66.4 Å². The normalized spacial score (nSPS) is 11.0. The minimum Gasteiger partial charge on any atom is -0.322 e. The molecule has 3 aromatic rings. The van der Waals surface area contributed by atoms with Gasteiger partial charge >= 0.3 is 0 Å². The average Bonchev–Trinajstić information content (AvgIpc) is 2.94. The van der Waals surface area contributed by atoms with Crippen molar-refractivity contribution in [2.24, 2.45) is 0 Å². The zero-order valence-electron chi connectivity index (χ0n) is 10.7. The molecule has 0 radical (unpaired) electrons. The number of rotatable bonds is 3. The monoisotopic (exact) mass is 263 g/mol. The van der Waals surface area contributed by atoms with Gasteiger partial charge in [-0.1, -0.05) is 30.3 Å². The first kappa shape index (κ1) is 12.2. The van der Waals surface area contributed by atoms with Gasteiger partial charge in [-0.05, 0) is 29.8 Å². The van der Waals surface area contributed by atoms with Crippen LogP contribution in [0.1, 0.15) is 5.56 Å². The van der Waals surface area contributed by atoms with E-state index in [2.05, 4.69) is 15.5 Å². The number of aromatic nitrogens is 2. The van der Waals surface area contributed by atoms with Crippen LogP contribution in [0.15, 0.2) is 60.8 Å². The zero-order chi connectivity index (χ0) is 13.8. The third-order valence-electron chi connectivity index (χ3n) is 2.94. The maximum Gasteiger partial charge on any atom is 0.248 e. The number of fused-ring (bicyclic) bond motifs is 1. The Morgan fingerprint density at radius 1 is 1.15 bits per heavy atom. The predicted molar refractivity (Wildman–Crippen MR) is 80.2 cm³/mol. The molecule has 0 spiro atoms. The van der Waals surface area contributed by atoms with Crippen LogP contribution < -0.4 is 5.32 Å². The second-order valence-corrected chi connectivity index (χ2v) is 4.41. The van der Waals surface area contributed by atoms with Crippen molar-refractivity contribution < 1.29 is 4.79 Å². The minimum absolute atomic E-state index is 0.160. The van der Waals surface area contributed by atoms with E-state index in [-0.39, 0.29) is 5.91 Å². The van der Waals surface area contributed by atoms with Gasteiger partial charge in [-0.2, -0.15) is 5.10 Å². The van der Waals surface area contributed by atoms with E-state index in [9.17, 15) is 4.79 Å². The third kappa shape index (κ3) is 2.75. The summed E-state index contributed by atoms with van der Waals surface area (Å²) >= 11 is 0. The summed E-state index contributed by atoms with van der Waals surface area (Å²) in [6, 6.07) is 15.3. The van der Waals surface area contributed by atoms with E-state index in [1.165, 1.54) is 6.08 Å². The number of nitrogens with one attached hydrogen (secondary N) is 2. The van der Waals surface area contributed by atoms with E-state index in [1.54, 1.807) is 12.3 Å². The molecule has 1 amide bonds. The number of hydrogen-bond donors (Lipinski definition) is 2. The summed E-state index contributed by atoms with van der Waals surface area (Å²) in [4.78, 5) is 11.8. The second kappa shape index (κ2) is 5.40. The lowest BCUT2D eigenvalue weighted by Crippen LogP contribution is -2.07. The van der Waals surface area contributed by atoms with E-state index in [0.717, 1.165) is 22.2 Å². The fraction of sp³-hybridized carbons (Fsp3) is 0. The fourth-order valence-electron chi connectivity index (χ4n) is 1.93. The van der Waals surface area contributed by atoms with Crippen LogP contribution in [-0.4, -0.2) is 16.1 Å². The number of carbonyl (C=O) groups excluding carboxylic acids is 1. The number of nitrogens with zero attached hydrogens (tertiary/aromatic N) is 1. The molecule has 0 unspecified atom stereocenters. The summed E-state index contributed by atoms with van der Waals surface area (Å²) in [5, 5.41) is 10.7. The van der Waals surface area contributed by atoms with Gasteiger partial charge in [0.25, 0.3) is 0 Å². The lowest BCUT2D eigenvalue weighted by Gasteiger charge is -2.01.